The molecule has 0 saturated carbocycles. The van der Waals surface area contributed by atoms with Crippen molar-refractivity contribution in [3.05, 3.63) is 12.0 Å². The maximum Gasteiger partial charge on any atom is 0.167 e. The molecule has 3 aliphatic heterocycles. The Morgan fingerprint density at radius 2 is 2.35 bits per heavy atom. The number of rotatable bonds is 2. The summed E-state index contributed by atoms with van der Waals surface area (Å²) in [6.45, 7) is 1.38. The van der Waals surface area contributed by atoms with Gasteiger partial charge in [0.05, 0.1) is 31.9 Å². The van der Waals surface area contributed by atoms with Gasteiger partial charge in [0, 0.05) is 13.0 Å². The normalized spacial score (nSPS) is 31.4. The highest BCUT2D eigenvalue weighted by Crippen LogP contribution is 2.35. The number of aromatic nitrogens is 2. The molecule has 4 heterocycles. The molecule has 0 spiro atoms. The number of imidazole rings is 1. The van der Waals surface area contributed by atoms with Gasteiger partial charge in [-0.1, -0.05) is 0 Å². The summed E-state index contributed by atoms with van der Waals surface area (Å²) in [5.41, 5.74) is 0.746. The molecule has 3 atom stereocenters. The predicted molar refractivity (Wildman–Crippen MR) is 70.1 cm³/mol. The zero-order valence-electron chi connectivity index (χ0n) is 10.8. The number of hydrogen-bond donors (Lipinski definition) is 2. The van der Waals surface area contributed by atoms with Crippen molar-refractivity contribution in [3.8, 4) is 0 Å². The van der Waals surface area contributed by atoms with Gasteiger partial charge in [-0.05, 0) is 0 Å². The lowest BCUT2D eigenvalue weighted by Gasteiger charge is -2.20. The Morgan fingerprint density at radius 3 is 3.15 bits per heavy atom. The summed E-state index contributed by atoms with van der Waals surface area (Å²) < 4.78 is 7.43. The van der Waals surface area contributed by atoms with E-state index in [1.54, 1.807) is 17.2 Å². The van der Waals surface area contributed by atoms with Gasteiger partial charge in [-0.2, -0.15) is 0 Å². The maximum absolute atomic E-state index is 9.82. The fourth-order valence-corrected chi connectivity index (χ4v) is 2.81. The molecule has 106 valence electrons. The number of ether oxygens (including phenoxy) is 1. The molecule has 1 fully saturated rings. The molecule has 8 heteroatoms. The first-order chi connectivity index (χ1) is 9.78. The van der Waals surface area contributed by atoms with Crippen molar-refractivity contribution in [1.29, 1.82) is 0 Å². The molecule has 1 aromatic rings. The lowest BCUT2D eigenvalue weighted by atomic mass is 10.2. The summed E-state index contributed by atoms with van der Waals surface area (Å²) in [6, 6.07) is 0. The first-order valence-corrected chi connectivity index (χ1v) is 6.65. The van der Waals surface area contributed by atoms with Gasteiger partial charge in [0.2, 0.25) is 0 Å². The van der Waals surface area contributed by atoms with Gasteiger partial charge in [-0.25, -0.2) is 9.98 Å². The van der Waals surface area contributed by atoms with E-state index in [9.17, 15) is 5.11 Å². The fourth-order valence-electron chi connectivity index (χ4n) is 2.81. The van der Waals surface area contributed by atoms with E-state index < -0.39 is 12.2 Å². The molecule has 0 unspecified atom stereocenters. The van der Waals surface area contributed by atoms with Crippen LogP contribution in [0.2, 0.25) is 0 Å². The second-order valence-corrected chi connectivity index (χ2v) is 5.08. The molecular formula is C12H15N5O3. The van der Waals surface area contributed by atoms with E-state index in [1.165, 1.54) is 0 Å². The van der Waals surface area contributed by atoms with Crippen LogP contribution in [0.15, 0.2) is 16.3 Å². The summed E-state index contributed by atoms with van der Waals surface area (Å²) in [4.78, 5) is 15.2. The molecule has 0 amide bonds. The molecule has 0 bridgehead atoms. The van der Waals surface area contributed by atoms with Crippen molar-refractivity contribution < 1.29 is 14.9 Å². The number of amidine groups is 1. The Labute approximate surface area is 115 Å². The van der Waals surface area contributed by atoms with Crippen LogP contribution in [-0.2, 0) is 4.74 Å². The quantitative estimate of drug-likeness (QED) is 0.742. The van der Waals surface area contributed by atoms with Gasteiger partial charge in [0.1, 0.15) is 12.3 Å². The van der Waals surface area contributed by atoms with Gasteiger partial charge in [-0.15, -0.1) is 0 Å². The van der Waals surface area contributed by atoms with Crippen molar-refractivity contribution in [3.63, 3.8) is 0 Å². The number of aliphatic hydroxyl groups is 2. The molecular weight excluding hydrogens is 262 g/mol. The maximum atomic E-state index is 9.82. The first-order valence-electron chi connectivity index (χ1n) is 6.65. The van der Waals surface area contributed by atoms with E-state index in [4.69, 9.17) is 9.84 Å². The monoisotopic (exact) mass is 277 g/mol. The standard InChI is InChI=1S/C12H15N5O3/c18-4-8-7(19)3-9(20-8)17-6-14-10-11-13-1-2-16(11)5-15-12(10)17/h5-9,18-19H,1-4H2/t7-,8+,9+/m0/s1. The van der Waals surface area contributed by atoms with E-state index in [0.717, 1.165) is 24.6 Å². The highest BCUT2D eigenvalue weighted by atomic mass is 16.5. The minimum absolute atomic E-state index is 0.196. The second kappa shape index (κ2) is 4.37. The third kappa shape index (κ3) is 1.62. The third-order valence-corrected chi connectivity index (χ3v) is 3.87. The van der Waals surface area contributed by atoms with E-state index in [1.807, 2.05) is 4.90 Å². The summed E-state index contributed by atoms with van der Waals surface area (Å²) in [6.07, 6.45) is 2.25. The summed E-state index contributed by atoms with van der Waals surface area (Å²) in [5, 5.41) is 19.0. The Morgan fingerprint density at radius 1 is 1.45 bits per heavy atom. The predicted octanol–water partition coefficient (Wildman–Crippen LogP) is -0.741. The van der Waals surface area contributed by atoms with Crippen LogP contribution in [-0.4, -0.2) is 68.7 Å². The molecule has 20 heavy (non-hydrogen) atoms. The molecule has 0 radical (unpaired) electrons. The minimum Gasteiger partial charge on any atom is -0.394 e. The van der Waals surface area contributed by atoms with Gasteiger partial charge in [-0.3, -0.25) is 9.56 Å². The minimum atomic E-state index is -0.670. The topological polar surface area (TPSA) is 95.5 Å². The summed E-state index contributed by atoms with van der Waals surface area (Å²) in [5.74, 6) is 1.53. The Bertz CT molecular complexity index is 596. The SMILES string of the molecule is OC[C@H]1O[C@@H](n2cnc3c2N=CN2CCN=C32)C[C@@H]1O. The van der Waals surface area contributed by atoms with Gasteiger partial charge >= 0.3 is 0 Å². The highest BCUT2D eigenvalue weighted by Gasteiger charge is 2.37. The molecule has 2 N–H and O–H groups in total. The lowest BCUT2D eigenvalue weighted by Crippen LogP contribution is -2.29. The Hall–Kier alpha value is -1.77. The van der Waals surface area contributed by atoms with Crippen molar-refractivity contribution in [2.24, 2.45) is 9.98 Å². The Kier molecular flexibility index (Phi) is 2.62. The second-order valence-electron chi connectivity index (χ2n) is 5.08. The fraction of sp³-hybridized carbons (Fsp3) is 0.583. The number of nitrogens with zero attached hydrogens (tertiary/aromatic N) is 5. The molecule has 3 aliphatic rings. The van der Waals surface area contributed by atoms with Crippen LogP contribution < -0.4 is 0 Å². The number of hydrogen-bond acceptors (Lipinski definition) is 7. The number of fused-ring (bicyclic) bond motifs is 3. The molecule has 1 saturated heterocycles. The van der Waals surface area contributed by atoms with Crippen LogP contribution >= 0.6 is 0 Å². The van der Waals surface area contributed by atoms with Crippen LogP contribution in [0.25, 0.3) is 0 Å². The summed E-state index contributed by atoms with van der Waals surface area (Å²) >= 11 is 0. The first kappa shape index (κ1) is 12.0. The van der Waals surface area contributed by atoms with E-state index >= 15 is 0 Å². The number of aliphatic imine (C=N–C) groups is 2. The molecule has 1 aromatic heterocycles. The molecule has 4 rings (SSSR count). The molecule has 0 aliphatic carbocycles. The van der Waals surface area contributed by atoms with Gasteiger partial charge in [0.15, 0.2) is 17.3 Å². The van der Waals surface area contributed by atoms with Gasteiger partial charge < -0.3 is 19.8 Å². The lowest BCUT2D eigenvalue weighted by molar-refractivity contribution is -0.0438. The average molecular weight is 277 g/mol. The molecule has 8 nitrogen and oxygen atoms in total. The van der Waals surface area contributed by atoms with E-state index in [-0.39, 0.29) is 12.8 Å². The van der Waals surface area contributed by atoms with Crippen LogP contribution in [0.3, 0.4) is 0 Å². The van der Waals surface area contributed by atoms with E-state index in [0.29, 0.717) is 12.2 Å². The average Bonchev–Trinajstić information content (AvgIpc) is 3.13. The zero-order chi connectivity index (χ0) is 13.7. The van der Waals surface area contributed by atoms with Crippen molar-refractivity contribution in [2.45, 2.75) is 24.9 Å². The highest BCUT2D eigenvalue weighted by molar-refractivity contribution is 6.09. The van der Waals surface area contributed by atoms with Crippen LogP contribution in [0.5, 0.6) is 0 Å². The van der Waals surface area contributed by atoms with E-state index in [2.05, 4.69) is 15.0 Å². The van der Waals surface area contributed by atoms with Gasteiger partial charge in [0.25, 0.3) is 0 Å². The largest absolute Gasteiger partial charge is 0.394 e. The number of aliphatic hydroxyl groups excluding tert-OH is 2. The third-order valence-electron chi connectivity index (χ3n) is 3.87. The molecule has 0 aromatic carbocycles. The summed E-state index contributed by atoms with van der Waals surface area (Å²) in [7, 11) is 0. The Balaban J connectivity index is 1.68. The van der Waals surface area contributed by atoms with Crippen LogP contribution in [0, 0.1) is 0 Å². The zero-order valence-corrected chi connectivity index (χ0v) is 10.8. The van der Waals surface area contributed by atoms with Crippen molar-refractivity contribution in [1.82, 2.24) is 14.5 Å². The van der Waals surface area contributed by atoms with Crippen LogP contribution in [0.4, 0.5) is 5.82 Å². The van der Waals surface area contributed by atoms with Crippen molar-refractivity contribution in [2.75, 3.05) is 19.7 Å². The van der Waals surface area contributed by atoms with Crippen molar-refractivity contribution >= 4 is 18.0 Å². The smallest absolute Gasteiger partial charge is 0.167 e. The van der Waals surface area contributed by atoms with Crippen LogP contribution in [0.1, 0.15) is 18.3 Å².